The predicted octanol–water partition coefficient (Wildman–Crippen LogP) is 5.16. The summed E-state index contributed by atoms with van der Waals surface area (Å²) in [7, 11) is 0. The number of hydrogen-bond acceptors (Lipinski definition) is 4. The van der Waals surface area contributed by atoms with Crippen LogP contribution in [0.25, 0.3) is 6.08 Å². The molecule has 0 aliphatic rings. The van der Waals surface area contributed by atoms with Gasteiger partial charge in [0.05, 0.1) is 5.56 Å². The van der Waals surface area contributed by atoms with Crippen LogP contribution in [0.3, 0.4) is 0 Å². The fourth-order valence-electron chi connectivity index (χ4n) is 2.65. The van der Waals surface area contributed by atoms with Crippen LogP contribution in [0.5, 0.6) is 5.75 Å². The topological polar surface area (TPSA) is 99.4 Å². The van der Waals surface area contributed by atoms with E-state index in [9.17, 15) is 14.9 Å². The van der Waals surface area contributed by atoms with Crippen molar-refractivity contribution in [1.29, 1.82) is 5.26 Å². The molecule has 2 N–H and O–H groups in total. The first kappa shape index (κ1) is 21.6. The maximum atomic E-state index is 12.4. The third-order valence-electron chi connectivity index (χ3n) is 4.24. The maximum Gasteiger partial charge on any atom is 0.335 e. The summed E-state index contributed by atoms with van der Waals surface area (Å²) in [5.41, 5.74) is 2.11. The Morgan fingerprint density at radius 2 is 1.77 bits per heavy atom. The Morgan fingerprint density at radius 1 is 1.06 bits per heavy atom. The molecule has 0 unspecified atom stereocenters. The largest absolute Gasteiger partial charge is 0.489 e. The van der Waals surface area contributed by atoms with Crippen LogP contribution in [0.1, 0.15) is 21.5 Å². The highest BCUT2D eigenvalue weighted by Crippen LogP contribution is 2.19. The van der Waals surface area contributed by atoms with Gasteiger partial charge >= 0.3 is 5.97 Å². The number of benzene rings is 3. The number of amides is 1. The molecule has 3 rings (SSSR count). The van der Waals surface area contributed by atoms with Gasteiger partial charge in [-0.2, -0.15) is 5.26 Å². The summed E-state index contributed by atoms with van der Waals surface area (Å²) in [6.07, 6.45) is 1.47. The van der Waals surface area contributed by atoms with Gasteiger partial charge in [0, 0.05) is 10.7 Å². The molecule has 0 atom stereocenters. The summed E-state index contributed by atoms with van der Waals surface area (Å²) >= 11 is 5.83. The molecule has 0 bridgehead atoms. The van der Waals surface area contributed by atoms with Crippen LogP contribution in [-0.4, -0.2) is 17.0 Å². The van der Waals surface area contributed by atoms with E-state index in [2.05, 4.69) is 5.32 Å². The number of nitrogens with one attached hydrogen (secondary N) is 1. The minimum absolute atomic E-state index is 0.0589. The van der Waals surface area contributed by atoms with Gasteiger partial charge < -0.3 is 15.2 Å². The zero-order chi connectivity index (χ0) is 22.2. The Hall–Kier alpha value is -4.08. The van der Waals surface area contributed by atoms with Crippen LogP contribution in [0.4, 0.5) is 5.69 Å². The molecule has 0 fully saturated rings. The highest BCUT2D eigenvalue weighted by atomic mass is 35.5. The summed E-state index contributed by atoms with van der Waals surface area (Å²) in [4.78, 5) is 23.3. The zero-order valence-corrected chi connectivity index (χ0v) is 17.0. The van der Waals surface area contributed by atoms with Crippen molar-refractivity contribution in [1.82, 2.24) is 0 Å². The van der Waals surface area contributed by atoms with Gasteiger partial charge in [0.1, 0.15) is 24.0 Å². The SMILES string of the molecule is N#C/C(=C/c1cccc(OCc2ccc(C(=O)O)cc2)c1)C(=O)Nc1ccc(Cl)cc1. The van der Waals surface area contributed by atoms with Crippen molar-refractivity contribution in [3.8, 4) is 11.8 Å². The number of carboxylic acids is 1. The molecule has 0 aliphatic carbocycles. The van der Waals surface area contributed by atoms with Gasteiger partial charge in [-0.05, 0) is 65.7 Å². The third kappa shape index (κ3) is 6.20. The number of carbonyl (C=O) groups excluding carboxylic acids is 1. The maximum absolute atomic E-state index is 12.4. The standard InChI is InChI=1S/C24H17ClN2O4/c25-20-8-10-21(11-9-20)27-23(28)19(14-26)12-17-2-1-3-22(13-17)31-15-16-4-6-18(7-5-16)24(29)30/h1-13H,15H2,(H,27,28)(H,29,30)/b19-12-. The minimum atomic E-state index is -0.986. The van der Waals surface area contributed by atoms with Crippen molar-refractivity contribution in [2.24, 2.45) is 0 Å². The Balaban J connectivity index is 1.68. The monoisotopic (exact) mass is 432 g/mol. The molecule has 0 saturated carbocycles. The molecule has 0 spiro atoms. The van der Waals surface area contributed by atoms with Crippen LogP contribution >= 0.6 is 11.6 Å². The van der Waals surface area contributed by atoms with Crippen LogP contribution < -0.4 is 10.1 Å². The predicted molar refractivity (Wildman–Crippen MR) is 118 cm³/mol. The lowest BCUT2D eigenvalue weighted by atomic mass is 10.1. The number of carbonyl (C=O) groups is 2. The fourth-order valence-corrected chi connectivity index (χ4v) is 2.78. The molecule has 0 aromatic heterocycles. The van der Waals surface area contributed by atoms with Crippen LogP contribution in [0.2, 0.25) is 5.02 Å². The van der Waals surface area contributed by atoms with E-state index in [1.165, 1.54) is 18.2 Å². The number of ether oxygens (including phenoxy) is 1. The van der Waals surface area contributed by atoms with Crippen molar-refractivity contribution >= 4 is 35.2 Å². The fraction of sp³-hybridized carbons (Fsp3) is 0.0417. The zero-order valence-electron chi connectivity index (χ0n) is 16.2. The number of hydrogen-bond donors (Lipinski definition) is 2. The molecule has 31 heavy (non-hydrogen) atoms. The van der Waals surface area contributed by atoms with Gasteiger partial charge in [-0.25, -0.2) is 4.79 Å². The summed E-state index contributed by atoms with van der Waals surface area (Å²) in [5.74, 6) is -0.971. The second-order valence-electron chi connectivity index (χ2n) is 6.49. The van der Waals surface area contributed by atoms with Gasteiger partial charge in [-0.15, -0.1) is 0 Å². The number of anilines is 1. The van der Waals surface area contributed by atoms with Gasteiger partial charge in [0.2, 0.25) is 0 Å². The molecule has 6 nitrogen and oxygen atoms in total. The molecule has 0 radical (unpaired) electrons. The van der Waals surface area contributed by atoms with E-state index in [0.29, 0.717) is 22.0 Å². The van der Waals surface area contributed by atoms with Crippen LogP contribution in [-0.2, 0) is 11.4 Å². The molecule has 7 heteroatoms. The van der Waals surface area contributed by atoms with Gasteiger partial charge in [-0.3, -0.25) is 4.79 Å². The Kier molecular flexibility index (Phi) is 7.05. The molecule has 3 aromatic carbocycles. The highest BCUT2D eigenvalue weighted by Gasteiger charge is 2.10. The van der Waals surface area contributed by atoms with Crippen molar-refractivity contribution in [3.63, 3.8) is 0 Å². The Morgan fingerprint density at radius 3 is 2.42 bits per heavy atom. The molecule has 3 aromatic rings. The number of carboxylic acid groups (broad SMARTS) is 1. The van der Waals surface area contributed by atoms with Crippen LogP contribution in [0, 0.1) is 11.3 Å². The minimum Gasteiger partial charge on any atom is -0.489 e. The van der Waals surface area contributed by atoms with Crippen molar-refractivity contribution in [2.75, 3.05) is 5.32 Å². The van der Waals surface area contributed by atoms with E-state index in [1.54, 1.807) is 60.7 Å². The molecule has 0 aliphatic heterocycles. The van der Waals surface area contributed by atoms with E-state index >= 15 is 0 Å². The number of halogens is 1. The molecule has 1 amide bonds. The van der Waals surface area contributed by atoms with E-state index < -0.39 is 11.9 Å². The average Bonchev–Trinajstić information content (AvgIpc) is 2.78. The van der Waals surface area contributed by atoms with Crippen molar-refractivity contribution < 1.29 is 19.4 Å². The molecular weight excluding hydrogens is 416 g/mol. The lowest BCUT2D eigenvalue weighted by molar-refractivity contribution is -0.112. The number of rotatable bonds is 7. The Bertz CT molecular complexity index is 1160. The van der Waals surface area contributed by atoms with Gasteiger partial charge in [0.25, 0.3) is 5.91 Å². The summed E-state index contributed by atoms with van der Waals surface area (Å²) < 4.78 is 5.74. The van der Waals surface area contributed by atoms with Crippen molar-refractivity contribution in [3.05, 3.63) is 100 Å². The van der Waals surface area contributed by atoms with E-state index in [-0.39, 0.29) is 17.7 Å². The first-order valence-electron chi connectivity index (χ1n) is 9.18. The highest BCUT2D eigenvalue weighted by molar-refractivity contribution is 6.30. The van der Waals surface area contributed by atoms with Gasteiger partial charge in [-0.1, -0.05) is 35.9 Å². The summed E-state index contributed by atoms with van der Waals surface area (Å²) in [5, 5.41) is 21.5. The normalized spacial score (nSPS) is 10.8. The van der Waals surface area contributed by atoms with Crippen LogP contribution in [0.15, 0.2) is 78.4 Å². The first-order chi connectivity index (χ1) is 14.9. The lowest BCUT2D eigenvalue weighted by Gasteiger charge is -2.08. The molecule has 0 heterocycles. The molecule has 154 valence electrons. The van der Waals surface area contributed by atoms with Gasteiger partial charge in [0.15, 0.2) is 0 Å². The number of nitriles is 1. The third-order valence-corrected chi connectivity index (χ3v) is 4.49. The smallest absolute Gasteiger partial charge is 0.335 e. The molecule has 0 saturated heterocycles. The first-order valence-corrected chi connectivity index (χ1v) is 9.56. The van der Waals surface area contributed by atoms with E-state index in [4.69, 9.17) is 21.4 Å². The van der Waals surface area contributed by atoms with Crippen molar-refractivity contribution in [2.45, 2.75) is 6.61 Å². The quantitative estimate of drug-likeness (QED) is 0.396. The second-order valence-corrected chi connectivity index (χ2v) is 6.93. The summed E-state index contributed by atoms with van der Waals surface area (Å²) in [6.45, 7) is 0.245. The lowest BCUT2D eigenvalue weighted by Crippen LogP contribution is -2.13. The number of nitrogens with zero attached hydrogens (tertiary/aromatic N) is 1. The second kappa shape index (κ2) is 10.1. The average molecular weight is 433 g/mol. The number of aromatic carboxylic acids is 1. The van der Waals surface area contributed by atoms with E-state index in [1.807, 2.05) is 6.07 Å². The molecular formula is C24H17ClN2O4. The van der Waals surface area contributed by atoms with E-state index in [0.717, 1.165) is 5.56 Å². The Labute approximate surface area is 184 Å². The summed E-state index contributed by atoms with van der Waals surface area (Å²) in [6, 6.07) is 21.8.